The molecule has 5 nitrogen and oxygen atoms in total. The minimum absolute atomic E-state index is 0.110. The Balaban J connectivity index is 2.95. The van der Waals surface area contributed by atoms with E-state index in [0.717, 1.165) is 6.07 Å². The van der Waals surface area contributed by atoms with Crippen LogP contribution in [0.3, 0.4) is 0 Å². The van der Waals surface area contributed by atoms with Crippen LogP contribution in [0.15, 0.2) is 18.2 Å². The molecule has 5 heteroatoms. The van der Waals surface area contributed by atoms with Gasteiger partial charge in [0.1, 0.15) is 17.6 Å². The summed E-state index contributed by atoms with van der Waals surface area (Å²) >= 11 is 0. The number of hydrogen-bond donors (Lipinski definition) is 5. The van der Waals surface area contributed by atoms with E-state index in [2.05, 4.69) is 0 Å². The van der Waals surface area contributed by atoms with Crippen molar-refractivity contribution in [3.05, 3.63) is 23.8 Å². The van der Waals surface area contributed by atoms with Gasteiger partial charge in [-0.2, -0.15) is 0 Å². The highest BCUT2D eigenvalue weighted by molar-refractivity contribution is 5.40. The molecular weight excluding hydrogens is 186 g/mol. The molecule has 2 atom stereocenters. The Hall–Kier alpha value is -1.30. The van der Waals surface area contributed by atoms with E-state index in [1.54, 1.807) is 0 Å². The maximum Gasteiger partial charge on any atom is 0.125 e. The Morgan fingerprint density at radius 2 is 1.86 bits per heavy atom. The minimum atomic E-state index is -1.25. The highest BCUT2D eigenvalue weighted by Crippen LogP contribution is 2.29. The number of aliphatic hydroxyl groups excluding tert-OH is 2. The van der Waals surface area contributed by atoms with Gasteiger partial charge < -0.3 is 26.2 Å². The number of phenols is 2. The number of aromatic hydroxyl groups is 2. The van der Waals surface area contributed by atoms with Gasteiger partial charge in [0.2, 0.25) is 0 Å². The monoisotopic (exact) mass is 199 g/mol. The molecule has 0 aliphatic rings. The Labute approximate surface area is 81.0 Å². The van der Waals surface area contributed by atoms with Crippen LogP contribution in [0.5, 0.6) is 11.5 Å². The Bertz CT molecular complexity index is 316. The second kappa shape index (κ2) is 4.28. The van der Waals surface area contributed by atoms with Gasteiger partial charge in [-0.15, -0.1) is 0 Å². The zero-order valence-electron chi connectivity index (χ0n) is 7.46. The van der Waals surface area contributed by atoms with Crippen molar-refractivity contribution in [3.63, 3.8) is 0 Å². The number of nitrogens with two attached hydrogens (primary N) is 1. The van der Waals surface area contributed by atoms with Crippen molar-refractivity contribution in [3.8, 4) is 11.5 Å². The van der Waals surface area contributed by atoms with Crippen molar-refractivity contribution in [2.45, 2.75) is 12.2 Å². The summed E-state index contributed by atoms with van der Waals surface area (Å²) in [5.41, 5.74) is 5.29. The lowest BCUT2D eigenvalue weighted by atomic mass is 10.0. The summed E-state index contributed by atoms with van der Waals surface area (Å²) in [5, 5.41) is 37.0. The lowest BCUT2D eigenvalue weighted by Crippen LogP contribution is -2.27. The predicted molar refractivity (Wildman–Crippen MR) is 49.8 cm³/mol. The third-order valence-electron chi connectivity index (χ3n) is 1.94. The second-order valence-electron chi connectivity index (χ2n) is 2.99. The van der Waals surface area contributed by atoms with E-state index in [1.165, 1.54) is 12.1 Å². The van der Waals surface area contributed by atoms with Gasteiger partial charge in [-0.05, 0) is 12.1 Å². The maximum atomic E-state index is 9.49. The van der Waals surface area contributed by atoms with Gasteiger partial charge in [0.05, 0.1) is 6.10 Å². The number of phenolic OH excluding ortho intramolecular Hbond substituents is 2. The SMILES string of the molecule is NCC(O)C(O)c1ccc(O)cc1O. The fourth-order valence-electron chi connectivity index (χ4n) is 1.12. The first kappa shape index (κ1) is 10.8. The molecule has 0 bridgehead atoms. The third-order valence-corrected chi connectivity index (χ3v) is 1.94. The molecule has 1 aromatic carbocycles. The van der Waals surface area contributed by atoms with Crippen molar-refractivity contribution < 1.29 is 20.4 Å². The first-order valence-electron chi connectivity index (χ1n) is 4.14. The van der Waals surface area contributed by atoms with E-state index in [4.69, 9.17) is 10.8 Å². The summed E-state index contributed by atoms with van der Waals surface area (Å²) in [6.45, 7) is -0.110. The van der Waals surface area contributed by atoms with E-state index >= 15 is 0 Å². The average molecular weight is 199 g/mol. The summed E-state index contributed by atoms with van der Waals surface area (Å²) in [6, 6.07) is 3.72. The predicted octanol–water partition coefficient (Wildman–Crippen LogP) is -0.549. The topological polar surface area (TPSA) is 107 Å². The molecule has 0 aliphatic carbocycles. The summed E-state index contributed by atoms with van der Waals surface area (Å²) in [5.74, 6) is -0.384. The van der Waals surface area contributed by atoms with Crippen LogP contribution in [-0.2, 0) is 0 Å². The zero-order valence-corrected chi connectivity index (χ0v) is 7.46. The smallest absolute Gasteiger partial charge is 0.125 e. The van der Waals surface area contributed by atoms with Crippen molar-refractivity contribution in [2.75, 3.05) is 6.54 Å². The van der Waals surface area contributed by atoms with Crippen LogP contribution in [0.2, 0.25) is 0 Å². The summed E-state index contributed by atoms with van der Waals surface area (Å²) < 4.78 is 0. The number of rotatable bonds is 3. The van der Waals surface area contributed by atoms with Crippen molar-refractivity contribution in [2.24, 2.45) is 5.73 Å². The third kappa shape index (κ3) is 2.14. The maximum absolute atomic E-state index is 9.49. The molecule has 0 fully saturated rings. The van der Waals surface area contributed by atoms with Crippen LogP contribution in [-0.4, -0.2) is 33.1 Å². The zero-order chi connectivity index (χ0) is 10.7. The lowest BCUT2D eigenvalue weighted by Gasteiger charge is -2.17. The van der Waals surface area contributed by atoms with Gasteiger partial charge in [-0.3, -0.25) is 0 Å². The fraction of sp³-hybridized carbons (Fsp3) is 0.333. The molecule has 0 heterocycles. The van der Waals surface area contributed by atoms with Crippen molar-refractivity contribution in [1.82, 2.24) is 0 Å². The Morgan fingerprint density at radius 1 is 1.21 bits per heavy atom. The molecule has 0 saturated heterocycles. The highest BCUT2D eigenvalue weighted by atomic mass is 16.3. The van der Waals surface area contributed by atoms with Gasteiger partial charge in [-0.25, -0.2) is 0 Å². The molecule has 0 saturated carbocycles. The van der Waals surface area contributed by atoms with Crippen LogP contribution in [0.4, 0.5) is 0 Å². The molecule has 1 aromatic rings. The fourth-order valence-corrected chi connectivity index (χ4v) is 1.12. The van der Waals surface area contributed by atoms with Crippen LogP contribution < -0.4 is 5.73 Å². The van der Waals surface area contributed by atoms with Crippen LogP contribution in [0.1, 0.15) is 11.7 Å². The average Bonchev–Trinajstić information content (AvgIpc) is 2.15. The van der Waals surface area contributed by atoms with Crippen LogP contribution in [0.25, 0.3) is 0 Å². The lowest BCUT2D eigenvalue weighted by molar-refractivity contribution is 0.0229. The Kier molecular flexibility index (Phi) is 3.29. The molecule has 0 aliphatic heterocycles. The molecule has 1 rings (SSSR count). The molecule has 0 amide bonds. The standard InChI is InChI=1S/C9H13NO4/c10-4-8(13)9(14)6-2-1-5(11)3-7(6)12/h1-3,8-9,11-14H,4,10H2. The summed E-state index contributed by atoms with van der Waals surface area (Å²) in [4.78, 5) is 0. The van der Waals surface area contributed by atoms with Crippen LogP contribution in [0, 0.1) is 0 Å². The van der Waals surface area contributed by atoms with Gasteiger partial charge in [0.15, 0.2) is 0 Å². The van der Waals surface area contributed by atoms with Gasteiger partial charge >= 0.3 is 0 Å². The molecule has 0 aromatic heterocycles. The van der Waals surface area contributed by atoms with E-state index in [0.29, 0.717) is 0 Å². The normalized spacial score (nSPS) is 15.1. The number of hydrogen-bond acceptors (Lipinski definition) is 5. The minimum Gasteiger partial charge on any atom is -0.508 e. The molecular formula is C9H13NO4. The van der Waals surface area contributed by atoms with Crippen LogP contribution >= 0.6 is 0 Å². The van der Waals surface area contributed by atoms with Crippen molar-refractivity contribution in [1.29, 1.82) is 0 Å². The molecule has 6 N–H and O–H groups in total. The first-order valence-corrected chi connectivity index (χ1v) is 4.14. The highest BCUT2D eigenvalue weighted by Gasteiger charge is 2.19. The van der Waals surface area contributed by atoms with E-state index in [1.807, 2.05) is 0 Å². The molecule has 78 valence electrons. The molecule has 0 radical (unpaired) electrons. The van der Waals surface area contributed by atoms with Crippen molar-refractivity contribution >= 4 is 0 Å². The molecule has 14 heavy (non-hydrogen) atoms. The van der Waals surface area contributed by atoms with E-state index in [9.17, 15) is 15.3 Å². The van der Waals surface area contributed by atoms with E-state index < -0.39 is 12.2 Å². The Morgan fingerprint density at radius 3 is 2.36 bits per heavy atom. The van der Waals surface area contributed by atoms with E-state index in [-0.39, 0.29) is 23.6 Å². The van der Waals surface area contributed by atoms with Gasteiger partial charge in [0.25, 0.3) is 0 Å². The van der Waals surface area contributed by atoms with Gasteiger partial charge in [0, 0.05) is 18.2 Å². The summed E-state index contributed by atoms with van der Waals surface area (Å²) in [6.07, 6.45) is -2.38. The number of benzene rings is 1. The first-order chi connectivity index (χ1) is 6.56. The second-order valence-corrected chi connectivity index (χ2v) is 2.99. The molecule has 2 unspecified atom stereocenters. The quantitative estimate of drug-likeness (QED) is 0.449. The number of aliphatic hydroxyl groups is 2. The molecule has 0 spiro atoms. The summed E-state index contributed by atoms with van der Waals surface area (Å²) in [7, 11) is 0. The largest absolute Gasteiger partial charge is 0.508 e. The van der Waals surface area contributed by atoms with Gasteiger partial charge in [-0.1, -0.05) is 0 Å².